The van der Waals surface area contributed by atoms with Gasteiger partial charge in [0, 0.05) is 47.2 Å². The molecule has 0 bridgehead atoms. The SMILES string of the molecule is CCC(C)Sc1ccc(NC(=O)NCc2cccnc2N2CCCCC2)c(C)c1. The van der Waals surface area contributed by atoms with Gasteiger partial charge in [-0.25, -0.2) is 9.78 Å². The fourth-order valence-corrected chi connectivity index (χ4v) is 4.49. The van der Waals surface area contributed by atoms with Crippen LogP contribution in [0.1, 0.15) is 50.7 Å². The molecule has 1 saturated heterocycles. The Hall–Kier alpha value is -2.21. The molecule has 1 fully saturated rings. The first-order chi connectivity index (χ1) is 14.1. The summed E-state index contributed by atoms with van der Waals surface area (Å²) >= 11 is 1.87. The molecule has 2 heterocycles. The van der Waals surface area contributed by atoms with Crippen LogP contribution < -0.4 is 15.5 Å². The lowest BCUT2D eigenvalue weighted by Crippen LogP contribution is -2.33. The molecule has 3 rings (SSSR count). The minimum Gasteiger partial charge on any atom is -0.356 e. The number of amides is 2. The van der Waals surface area contributed by atoms with E-state index < -0.39 is 0 Å². The van der Waals surface area contributed by atoms with Crippen molar-refractivity contribution in [3.8, 4) is 0 Å². The smallest absolute Gasteiger partial charge is 0.319 e. The third-order valence-electron chi connectivity index (χ3n) is 5.32. The van der Waals surface area contributed by atoms with Crippen LogP contribution >= 0.6 is 11.8 Å². The van der Waals surface area contributed by atoms with Crippen molar-refractivity contribution in [1.82, 2.24) is 10.3 Å². The van der Waals surface area contributed by atoms with Gasteiger partial charge in [-0.3, -0.25) is 0 Å². The number of hydrogen-bond donors (Lipinski definition) is 2. The van der Waals surface area contributed by atoms with Crippen LogP contribution in [-0.2, 0) is 6.54 Å². The average molecular weight is 413 g/mol. The van der Waals surface area contributed by atoms with Gasteiger partial charge in [-0.05, 0) is 62.4 Å². The molecule has 6 heteroatoms. The Morgan fingerprint density at radius 1 is 1.24 bits per heavy atom. The summed E-state index contributed by atoms with van der Waals surface area (Å²) in [6.45, 7) is 9.01. The quantitative estimate of drug-likeness (QED) is 0.582. The second-order valence-electron chi connectivity index (χ2n) is 7.65. The molecule has 2 aromatic rings. The number of rotatable bonds is 7. The number of aromatic nitrogens is 1. The maximum atomic E-state index is 12.5. The molecule has 1 unspecified atom stereocenters. The Bertz CT molecular complexity index is 820. The summed E-state index contributed by atoms with van der Waals surface area (Å²) in [5, 5.41) is 6.56. The van der Waals surface area contributed by atoms with E-state index in [0.717, 1.165) is 42.1 Å². The van der Waals surface area contributed by atoms with Gasteiger partial charge >= 0.3 is 6.03 Å². The normalized spacial score (nSPS) is 15.1. The predicted molar refractivity (Wildman–Crippen MR) is 123 cm³/mol. The number of piperidine rings is 1. The van der Waals surface area contributed by atoms with Crippen LogP contribution in [0.3, 0.4) is 0 Å². The number of aryl methyl sites for hydroxylation is 1. The van der Waals surface area contributed by atoms with E-state index in [1.807, 2.05) is 43.1 Å². The van der Waals surface area contributed by atoms with E-state index in [2.05, 4.69) is 46.5 Å². The van der Waals surface area contributed by atoms with Crippen LogP contribution in [0.5, 0.6) is 0 Å². The molecule has 0 spiro atoms. The van der Waals surface area contributed by atoms with Crippen molar-refractivity contribution < 1.29 is 4.79 Å². The molecular weight excluding hydrogens is 380 g/mol. The molecule has 2 amide bonds. The molecule has 0 aliphatic carbocycles. The Balaban J connectivity index is 1.58. The van der Waals surface area contributed by atoms with E-state index in [4.69, 9.17) is 0 Å². The fraction of sp³-hybridized carbons (Fsp3) is 0.478. The first kappa shape index (κ1) is 21.5. The van der Waals surface area contributed by atoms with Crippen molar-refractivity contribution in [2.24, 2.45) is 0 Å². The molecule has 0 radical (unpaired) electrons. The van der Waals surface area contributed by atoms with Crippen molar-refractivity contribution in [3.05, 3.63) is 47.7 Å². The lowest BCUT2D eigenvalue weighted by Gasteiger charge is -2.29. The molecule has 1 aliphatic rings. The summed E-state index contributed by atoms with van der Waals surface area (Å²) in [6.07, 6.45) is 6.66. The first-order valence-electron chi connectivity index (χ1n) is 10.6. The zero-order valence-corrected chi connectivity index (χ0v) is 18.5. The molecular formula is C23H32N4OS. The number of carbonyl (C=O) groups is 1. The number of urea groups is 1. The molecule has 2 N–H and O–H groups in total. The van der Waals surface area contributed by atoms with Gasteiger partial charge in [0.2, 0.25) is 0 Å². The Morgan fingerprint density at radius 2 is 2.03 bits per heavy atom. The fourth-order valence-electron chi connectivity index (χ4n) is 3.47. The van der Waals surface area contributed by atoms with E-state index >= 15 is 0 Å². The van der Waals surface area contributed by atoms with Crippen LogP contribution in [0.2, 0.25) is 0 Å². The summed E-state index contributed by atoms with van der Waals surface area (Å²) in [7, 11) is 0. The lowest BCUT2D eigenvalue weighted by molar-refractivity contribution is 0.251. The molecule has 5 nitrogen and oxygen atoms in total. The van der Waals surface area contributed by atoms with Crippen molar-refractivity contribution in [2.45, 2.75) is 63.1 Å². The largest absolute Gasteiger partial charge is 0.356 e. The number of anilines is 2. The van der Waals surface area contributed by atoms with E-state index in [0.29, 0.717) is 11.8 Å². The van der Waals surface area contributed by atoms with Gasteiger partial charge in [0.1, 0.15) is 5.82 Å². The number of thioether (sulfide) groups is 1. The van der Waals surface area contributed by atoms with Gasteiger partial charge < -0.3 is 15.5 Å². The molecule has 1 atom stereocenters. The molecule has 156 valence electrons. The van der Waals surface area contributed by atoms with Gasteiger partial charge in [-0.2, -0.15) is 0 Å². The van der Waals surface area contributed by atoms with Crippen molar-refractivity contribution in [1.29, 1.82) is 0 Å². The van der Waals surface area contributed by atoms with Crippen LogP contribution in [0.25, 0.3) is 0 Å². The number of hydrogen-bond acceptors (Lipinski definition) is 4. The molecule has 0 saturated carbocycles. The van der Waals surface area contributed by atoms with E-state index in [1.54, 1.807) is 0 Å². The van der Waals surface area contributed by atoms with Gasteiger partial charge in [0.25, 0.3) is 0 Å². The van der Waals surface area contributed by atoms with Gasteiger partial charge in [-0.15, -0.1) is 11.8 Å². The van der Waals surface area contributed by atoms with Crippen LogP contribution in [0, 0.1) is 6.92 Å². The highest BCUT2D eigenvalue weighted by Crippen LogP contribution is 2.28. The zero-order valence-electron chi connectivity index (χ0n) is 17.7. The lowest BCUT2D eigenvalue weighted by atomic mass is 10.1. The summed E-state index contributed by atoms with van der Waals surface area (Å²) < 4.78 is 0. The van der Waals surface area contributed by atoms with Gasteiger partial charge in [-0.1, -0.05) is 19.9 Å². The second-order valence-corrected chi connectivity index (χ2v) is 9.17. The molecule has 1 aliphatic heterocycles. The standard InChI is InChI=1S/C23H32N4OS/c1-4-18(3)29-20-10-11-21(17(2)15-20)26-23(28)25-16-19-9-8-12-24-22(19)27-13-6-5-7-14-27/h8-12,15,18H,4-7,13-14,16H2,1-3H3,(H2,25,26,28). The monoisotopic (exact) mass is 412 g/mol. The van der Waals surface area contributed by atoms with Crippen LogP contribution in [0.15, 0.2) is 41.4 Å². The Kier molecular flexibility index (Phi) is 7.81. The highest BCUT2D eigenvalue weighted by molar-refractivity contribution is 7.99. The third kappa shape index (κ3) is 6.13. The van der Waals surface area contributed by atoms with E-state index in [1.165, 1.54) is 24.2 Å². The Morgan fingerprint density at radius 3 is 2.76 bits per heavy atom. The van der Waals surface area contributed by atoms with Crippen LogP contribution in [0.4, 0.5) is 16.3 Å². The first-order valence-corrected chi connectivity index (χ1v) is 11.5. The number of benzene rings is 1. The van der Waals surface area contributed by atoms with Crippen molar-refractivity contribution >= 4 is 29.3 Å². The highest BCUT2D eigenvalue weighted by Gasteiger charge is 2.16. The van der Waals surface area contributed by atoms with Crippen LogP contribution in [-0.4, -0.2) is 29.4 Å². The Labute approximate surface area is 178 Å². The highest BCUT2D eigenvalue weighted by atomic mass is 32.2. The maximum Gasteiger partial charge on any atom is 0.319 e. The summed E-state index contributed by atoms with van der Waals surface area (Å²) in [6, 6.07) is 9.99. The van der Waals surface area contributed by atoms with E-state index in [-0.39, 0.29) is 6.03 Å². The van der Waals surface area contributed by atoms with Crippen molar-refractivity contribution in [2.75, 3.05) is 23.3 Å². The predicted octanol–water partition coefficient (Wildman–Crippen LogP) is 5.59. The number of pyridine rings is 1. The number of nitrogens with zero attached hydrogens (tertiary/aromatic N) is 2. The minimum absolute atomic E-state index is 0.191. The maximum absolute atomic E-state index is 12.5. The summed E-state index contributed by atoms with van der Waals surface area (Å²) in [5.74, 6) is 0.995. The number of nitrogens with one attached hydrogen (secondary N) is 2. The molecule has 1 aromatic carbocycles. The summed E-state index contributed by atoms with van der Waals surface area (Å²) in [5.41, 5.74) is 2.98. The topological polar surface area (TPSA) is 57.3 Å². The van der Waals surface area contributed by atoms with Crippen molar-refractivity contribution in [3.63, 3.8) is 0 Å². The van der Waals surface area contributed by atoms with Gasteiger partial charge in [0.05, 0.1) is 0 Å². The average Bonchev–Trinajstić information content (AvgIpc) is 2.75. The summed E-state index contributed by atoms with van der Waals surface area (Å²) in [4.78, 5) is 20.6. The second kappa shape index (κ2) is 10.5. The zero-order chi connectivity index (χ0) is 20.6. The number of carbonyl (C=O) groups excluding carboxylic acids is 1. The van der Waals surface area contributed by atoms with Gasteiger partial charge in [0.15, 0.2) is 0 Å². The molecule has 1 aromatic heterocycles. The third-order valence-corrected chi connectivity index (χ3v) is 6.58. The molecule has 29 heavy (non-hydrogen) atoms. The van der Waals surface area contributed by atoms with E-state index in [9.17, 15) is 4.79 Å². The minimum atomic E-state index is -0.191.